The SMILES string of the molecule is C=CCN1C(=O)/C(=C/c2ccc(OC(=O)/C=C/c3ccc(OC)cc3)cc2)SC1=S. The van der Waals surface area contributed by atoms with Crippen molar-refractivity contribution in [2.24, 2.45) is 0 Å². The van der Waals surface area contributed by atoms with Crippen LogP contribution < -0.4 is 9.47 Å². The van der Waals surface area contributed by atoms with E-state index in [9.17, 15) is 9.59 Å². The van der Waals surface area contributed by atoms with Gasteiger partial charge in [-0.25, -0.2) is 4.79 Å². The van der Waals surface area contributed by atoms with Crippen molar-refractivity contribution in [3.63, 3.8) is 0 Å². The Balaban J connectivity index is 1.61. The molecule has 0 unspecified atom stereocenters. The third kappa shape index (κ3) is 5.46. The lowest BCUT2D eigenvalue weighted by atomic mass is 10.2. The number of thioether (sulfide) groups is 1. The van der Waals surface area contributed by atoms with Crippen molar-refractivity contribution in [2.45, 2.75) is 0 Å². The molecular weight excluding hydrogens is 418 g/mol. The average molecular weight is 438 g/mol. The number of rotatable bonds is 7. The number of benzene rings is 2. The van der Waals surface area contributed by atoms with E-state index < -0.39 is 5.97 Å². The number of hydrogen-bond acceptors (Lipinski definition) is 6. The zero-order valence-corrected chi connectivity index (χ0v) is 17.9. The molecule has 0 spiro atoms. The monoisotopic (exact) mass is 437 g/mol. The molecule has 2 aromatic rings. The van der Waals surface area contributed by atoms with Gasteiger partial charge in [-0.2, -0.15) is 0 Å². The minimum Gasteiger partial charge on any atom is -0.497 e. The Bertz CT molecular complexity index is 1020. The number of carbonyl (C=O) groups is 2. The minimum absolute atomic E-state index is 0.135. The topological polar surface area (TPSA) is 55.8 Å². The molecule has 2 aromatic carbocycles. The number of esters is 1. The van der Waals surface area contributed by atoms with Gasteiger partial charge in [-0.15, -0.1) is 6.58 Å². The summed E-state index contributed by atoms with van der Waals surface area (Å²) in [6.07, 6.45) is 6.43. The highest BCUT2D eigenvalue weighted by Gasteiger charge is 2.30. The second-order valence-corrected chi connectivity index (χ2v) is 7.85. The number of hydrogen-bond donors (Lipinski definition) is 0. The lowest BCUT2D eigenvalue weighted by molar-refractivity contribution is -0.129. The molecule has 1 fully saturated rings. The summed E-state index contributed by atoms with van der Waals surface area (Å²) in [6.45, 7) is 4.03. The van der Waals surface area contributed by atoms with Crippen molar-refractivity contribution in [1.82, 2.24) is 4.90 Å². The predicted molar refractivity (Wildman–Crippen MR) is 124 cm³/mol. The van der Waals surface area contributed by atoms with Gasteiger partial charge in [0.15, 0.2) is 0 Å². The van der Waals surface area contributed by atoms with Gasteiger partial charge < -0.3 is 9.47 Å². The van der Waals surface area contributed by atoms with Crippen LogP contribution in [-0.2, 0) is 9.59 Å². The van der Waals surface area contributed by atoms with Crippen molar-refractivity contribution >= 4 is 52.3 Å². The van der Waals surface area contributed by atoms with E-state index in [0.717, 1.165) is 16.9 Å². The van der Waals surface area contributed by atoms with Crippen molar-refractivity contribution < 1.29 is 19.1 Å². The van der Waals surface area contributed by atoms with Crippen LogP contribution in [0.3, 0.4) is 0 Å². The molecule has 1 saturated heterocycles. The molecule has 0 radical (unpaired) electrons. The van der Waals surface area contributed by atoms with Crippen LogP contribution in [0.15, 0.2) is 72.2 Å². The summed E-state index contributed by atoms with van der Waals surface area (Å²) in [5, 5.41) is 0. The maximum Gasteiger partial charge on any atom is 0.336 e. The quantitative estimate of drug-likeness (QED) is 0.206. The fourth-order valence-electron chi connectivity index (χ4n) is 2.60. The van der Waals surface area contributed by atoms with Crippen LogP contribution >= 0.6 is 24.0 Å². The summed E-state index contributed by atoms with van der Waals surface area (Å²) in [5.74, 6) is 0.543. The molecule has 1 amide bonds. The smallest absolute Gasteiger partial charge is 0.336 e. The molecule has 0 bridgehead atoms. The Hall–Kier alpha value is -3.16. The summed E-state index contributed by atoms with van der Waals surface area (Å²) in [5.41, 5.74) is 1.67. The predicted octanol–water partition coefficient (Wildman–Crippen LogP) is 4.70. The molecule has 0 saturated carbocycles. The van der Waals surface area contributed by atoms with Gasteiger partial charge in [0, 0.05) is 12.6 Å². The Morgan fingerprint density at radius 2 is 1.73 bits per heavy atom. The van der Waals surface area contributed by atoms with Gasteiger partial charge in [-0.3, -0.25) is 9.69 Å². The molecule has 1 aliphatic heterocycles. The second-order valence-electron chi connectivity index (χ2n) is 6.18. The number of amides is 1. The van der Waals surface area contributed by atoms with Gasteiger partial charge in [-0.1, -0.05) is 54.3 Å². The zero-order valence-electron chi connectivity index (χ0n) is 16.2. The maximum atomic E-state index is 12.4. The molecule has 30 heavy (non-hydrogen) atoms. The lowest BCUT2D eigenvalue weighted by Gasteiger charge is -2.10. The van der Waals surface area contributed by atoms with E-state index in [2.05, 4.69) is 6.58 Å². The maximum absolute atomic E-state index is 12.4. The van der Waals surface area contributed by atoms with Crippen LogP contribution in [-0.4, -0.2) is 34.8 Å². The first kappa shape index (κ1) is 21.5. The van der Waals surface area contributed by atoms with E-state index in [1.807, 2.05) is 24.3 Å². The van der Waals surface area contributed by atoms with E-state index >= 15 is 0 Å². The average Bonchev–Trinajstić information content (AvgIpc) is 3.01. The number of methoxy groups -OCH3 is 1. The molecule has 1 aliphatic rings. The van der Waals surface area contributed by atoms with Crippen LogP contribution in [0.1, 0.15) is 11.1 Å². The summed E-state index contributed by atoms with van der Waals surface area (Å²) < 4.78 is 10.9. The highest BCUT2D eigenvalue weighted by atomic mass is 32.2. The van der Waals surface area contributed by atoms with Crippen molar-refractivity contribution in [3.8, 4) is 11.5 Å². The van der Waals surface area contributed by atoms with Crippen molar-refractivity contribution in [1.29, 1.82) is 0 Å². The molecule has 152 valence electrons. The number of thiocarbonyl (C=S) groups is 1. The standard InChI is InChI=1S/C23H19NO4S2/c1-3-14-24-22(26)20(30-23(24)29)15-17-6-11-19(12-7-17)28-21(25)13-8-16-4-9-18(27-2)10-5-16/h3-13,15H,1,14H2,2H3/b13-8+,20-15-. The van der Waals surface area contributed by atoms with Crippen molar-refractivity contribution in [3.05, 3.63) is 83.3 Å². The Labute approximate surface area is 184 Å². The molecule has 5 nitrogen and oxygen atoms in total. The molecule has 0 aromatic heterocycles. The molecule has 1 heterocycles. The summed E-state index contributed by atoms with van der Waals surface area (Å²) in [7, 11) is 1.60. The molecule has 7 heteroatoms. The van der Waals surface area contributed by atoms with Gasteiger partial charge in [-0.05, 0) is 47.5 Å². The fraction of sp³-hybridized carbons (Fsp3) is 0.0870. The molecule has 0 N–H and O–H groups in total. The number of nitrogens with zero attached hydrogens (tertiary/aromatic N) is 1. The van der Waals surface area contributed by atoms with Crippen LogP contribution in [0.2, 0.25) is 0 Å². The van der Waals surface area contributed by atoms with Gasteiger partial charge in [0.05, 0.1) is 12.0 Å². The first-order valence-corrected chi connectivity index (χ1v) is 10.2. The normalized spacial score (nSPS) is 15.1. The van der Waals surface area contributed by atoms with E-state index in [-0.39, 0.29) is 5.91 Å². The van der Waals surface area contributed by atoms with E-state index in [1.54, 1.807) is 49.6 Å². The Kier molecular flexibility index (Phi) is 7.21. The Morgan fingerprint density at radius 3 is 2.37 bits per heavy atom. The van der Waals surface area contributed by atoms with Crippen LogP contribution in [0, 0.1) is 0 Å². The van der Waals surface area contributed by atoms with E-state index in [1.165, 1.54) is 22.7 Å². The van der Waals surface area contributed by atoms with Crippen LogP contribution in [0.25, 0.3) is 12.2 Å². The van der Waals surface area contributed by atoms with Gasteiger partial charge in [0.1, 0.15) is 15.8 Å². The number of carbonyl (C=O) groups excluding carboxylic acids is 2. The van der Waals surface area contributed by atoms with Crippen molar-refractivity contribution in [2.75, 3.05) is 13.7 Å². The fourth-order valence-corrected chi connectivity index (χ4v) is 3.87. The first-order valence-electron chi connectivity index (χ1n) is 9.00. The first-order chi connectivity index (χ1) is 14.5. The van der Waals surface area contributed by atoms with E-state index in [0.29, 0.717) is 21.5 Å². The molecular formula is C23H19NO4S2. The van der Waals surface area contributed by atoms with Gasteiger partial charge in [0.25, 0.3) is 5.91 Å². The van der Waals surface area contributed by atoms with Gasteiger partial charge >= 0.3 is 5.97 Å². The third-order valence-electron chi connectivity index (χ3n) is 4.11. The molecule has 0 atom stereocenters. The third-order valence-corrected chi connectivity index (χ3v) is 5.49. The lowest BCUT2D eigenvalue weighted by Crippen LogP contribution is -2.27. The summed E-state index contributed by atoms with van der Waals surface area (Å²) in [6, 6.07) is 14.2. The summed E-state index contributed by atoms with van der Waals surface area (Å²) >= 11 is 6.48. The van der Waals surface area contributed by atoms with E-state index in [4.69, 9.17) is 21.7 Å². The van der Waals surface area contributed by atoms with Crippen LogP contribution in [0.5, 0.6) is 11.5 Å². The van der Waals surface area contributed by atoms with Crippen LogP contribution in [0.4, 0.5) is 0 Å². The van der Waals surface area contributed by atoms with Gasteiger partial charge in [0.2, 0.25) is 0 Å². The molecule has 0 aliphatic carbocycles. The highest BCUT2D eigenvalue weighted by molar-refractivity contribution is 8.26. The largest absolute Gasteiger partial charge is 0.497 e. The molecule has 3 rings (SSSR count). The zero-order chi connectivity index (χ0) is 21.5. The summed E-state index contributed by atoms with van der Waals surface area (Å²) in [4.78, 5) is 26.4. The second kappa shape index (κ2) is 10.0. The Morgan fingerprint density at radius 1 is 1.10 bits per heavy atom. The number of ether oxygens (including phenoxy) is 2. The highest BCUT2D eigenvalue weighted by Crippen LogP contribution is 2.32. The minimum atomic E-state index is -0.483.